The van der Waals surface area contributed by atoms with E-state index in [-0.39, 0.29) is 12.0 Å². The highest BCUT2D eigenvalue weighted by Gasteiger charge is 2.07. The number of rotatable bonds is 4. The van der Waals surface area contributed by atoms with E-state index in [0.717, 1.165) is 0 Å². The standard InChI is InChI=1S/C12H14N2O2/c1-4-5-9(2)14-11-8-10(6-7-13-11)12(15)16-3/h1,6-9H,5H2,2-3H3,(H,13,14). The van der Waals surface area contributed by atoms with Gasteiger partial charge in [-0.2, -0.15) is 0 Å². The summed E-state index contributed by atoms with van der Waals surface area (Å²) < 4.78 is 4.62. The zero-order valence-corrected chi connectivity index (χ0v) is 9.36. The summed E-state index contributed by atoms with van der Waals surface area (Å²) in [5.74, 6) is 2.79. The van der Waals surface area contributed by atoms with Gasteiger partial charge in [-0.05, 0) is 19.1 Å². The summed E-state index contributed by atoms with van der Waals surface area (Å²) in [5.41, 5.74) is 0.466. The largest absolute Gasteiger partial charge is 0.465 e. The average Bonchev–Trinajstić information content (AvgIpc) is 2.28. The molecule has 0 fully saturated rings. The summed E-state index contributed by atoms with van der Waals surface area (Å²) in [6.07, 6.45) is 7.35. The first-order valence-electron chi connectivity index (χ1n) is 4.91. The Labute approximate surface area is 95.0 Å². The van der Waals surface area contributed by atoms with Crippen LogP contribution < -0.4 is 5.32 Å². The minimum Gasteiger partial charge on any atom is -0.465 e. The number of hydrogen-bond donors (Lipinski definition) is 1. The van der Waals surface area contributed by atoms with Crippen LogP contribution in [0.2, 0.25) is 0 Å². The van der Waals surface area contributed by atoms with E-state index in [0.29, 0.717) is 17.8 Å². The summed E-state index contributed by atoms with van der Waals surface area (Å²) in [4.78, 5) is 15.4. The normalized spacial score (nSPS) is 11.3. The molecule has 0 aliphatic heterocycles. The molecule has 1 rings (SSSR count). The Kier molecular flexibility index (Phi) is 4.34. The molecule has 0 amide bonds. The van der Waals surface area contributed by atoms with Gasteiger partial charge >= 0.3 is 5.97 Å². The van der Waals surface area contributed by atoms with Crippen molar-refractivity contribution in [2.24, 2.45) is 0 Å². The number of carbonyl (C=O) groups is 1. The van der Waals surface area contributed by atoms with Crippen LogP contribution in [0.4, 0.5) is 5.82 Å². The molecule has 1 N–H and O–H groups in total. The van der Waals surface area contributed by atoms with Crippen LogP contribution in [0.15, 0.2) is 18.3 Å². The summed E-state index contributed by atoms with van der Waals surface area (Å²) in [6, 6.07) is 3.35. The number of hydrogen-bond acceptors (Lipinski definition) is 4. The van der Waals surface area contributed by atoms with Gasteiger partial charge in [-0.25, -0.2) is 9.78 Å². The maximum atomic E-state index is 11.3. The maximum absolute atomic E-state index is 11.3. The van der Waals surface area contributed by atoms with E-state index in [9.17, 15) is 4.79 Å². The Hall–Kier alpha value is -2.02. The Morgan fingerprint density at radius 3 is 3.12 bits per heavy atom. The van der Waals surface area contributed by atoms with Crippen molar-refractivity contribution in [3.05, 3.63) is 23.9 Å². The number of methoxy groups -OCH3 is 1. The van der Waals surface area contributed by atoms with Gasteiger partial charge in [-0.1, -0.05) is 0 Å². The third-order valence-corrected chi connectivity index (χ3v) is 2.00. The van der Waals surface area contributed by atoms with Crippen LogP contribution in [0.1, 0.15) is 23.7 Å². The Balaban J connectivity index is 2.75. The number of carbonyl (C=O) groups excluding carboxylic acids is 1. The van der Waals surface area contributed by atoms with E-state index in [4.69, 9.17) is 6.42 Å². The van der Waals surface area contributed by atoms with Crippen molar-refractivity contribution >= 4 is 11.8 Å². The molecule has 0 aliphatic carbocycles. The molecular formula is C12H14N2O2. The highest BCUT2D eigenvalue weighted by molar-refractivity contribution is 5.89. The topological polar surface area (TPSA) is 51.2 Å². The summed E-state index contributed by atoms with van der Waals surface area (Å²) in [5, 5.41) is 3.10. The molecule has 1 atom stereocenters. The predicted octanol–water partition coefficient (Wildman–Crippen LogP) is 1.69. The smallest absolute Gasteiger partial charge is 0.338 e. The quantitative estimate of drug-likeness (QED) is 0.617. The van der Waals surface area contributed by atoms with Crippen molar-refractivity contribution in [1.82, 2.24) is 4.98 Å². The molecule has 1 unspecified atom stereocenters. The SMILES string of the molecule is C#CCC(C)Nc1cc(C(=O)OC)ccn1. The molecule has 84 valence electrons. The van der Waals surface area contributed by atoms with Gasteiger partial charge in [0.15, 0.2) is 0 Å². The molecule has 0 saturated heterocycles. The fraction of sp³-hybridized carbons (Fsp3) is 0.333. The highest BCUT2D eigenvalue weighted by atomic mass is 16.5. The molecule has 4 nitrogen and oxygen atoms in total. The molecule has 1 aromatic rings. The molecule has 0 aromatic carbocycles. The fourth-order valence-corrected chi connectivity index (χ4v) is 1.23. The maximum Gasteiger partial charge on any atom is 0.338 e. The van der Waals surface area contributed by atoms with Crippen molar-refractivity contribution in [2.45, 2.75) is 19.4 Å². The number of aromatic nitrogens is 1. The number of anilines is 1. The lowest BCUT2D eigenvalue weighted by Gasteiger charge is -2.11. The lowest BCUT2D eigenvalue weighted by molar-refractivity contribution is 0.0600. The van der Waals surface area contributed by atoms with Crippen molar-refractivity contribution in [3.8, 4) is 12.3 Å². The van der Waals surface area contributed by atoms with E-state index in [1.807, 2.05) is 6.92 Å². The Bertz CT molecular complexity index is 410. The van der Waals surface area contributed by atoms with Crippen molar-refractivity contribution in [3.63, 3.8) is 0 Å². The summed E-state index contributed by atoms with van der Waals surface area (Å²) >= 11 is 0. The van der Waals surface area contributed by atoms with Gasteiger partial charge in [0.2, 0.25) is 0 Å². The van der Waals surface area contributed by atoms with Crippen LogP contribution in [-0.2, 0) is 4.74 Å². The Morgan fingerprint density at radius 1 is 1.75 bits per heavy atom. The zero-order valence-electron chi connectivity index (χ0n) is 9.36. The molecule has 0 saturated carbocycles. The van der Waals surface area contributed by atoms with E-state index >= 15 is 0 Å². The van der Waals surface area contributed by atoms with E-state index in [1.54, 1.807) is 18.3 Å². The minimum absolute atomic E-state index is 0.116. The lowest BCUT2D eigenvalue weighted by Crippen LogP contribution is -2.15. The number of ether oxygens (including phenoxy) is 1. The number of nitrogens with zero attached hydrogens (tertiary/aromatic N) is 1. The van der Waals surface area contributed by atoms with Crippen LogP contribution in [0.25, 0.3) is 0 Å². The second-order valence-electron chi connectivity index (χ2n) is 3.37. The van der Waals surface area contributed by atoms with Crippen LogP contribution in [-0.4, -0.2) is 24.1 Å². The van der Waals surface area contributed by atoms with Gasteiger partial charge in [-0.15, -0.1) is 12.3 Å². The highest BCUT2D eigenvalue weighted by Crippen LogP contribution is 2.09. The van der Waals surface area contributed by atoms with Gasteiger partial charge in [0.25, 0.3) is 0 Å². The summed E-state index contributed by atoms with van der Waals surface area (Å²) in [7, 11) is 1.34. The molecule has 0 bridgehead atoms. The number of pyridine rings is 1. The molecule has 1 heterocycles. The molecule has 0 radical (unpaired) electrons. The van der Waals surface area contributed by atoms with E-state index < -0.39 is 0 Å². The van der Waals surface area contributed by atoms with Crippen LogP contribution in [0.3, 0.4) is 0 Å². The van der Waals surface area contributed by atoms with Crippen LogP contribution in [0, 0.1) is 12.3 Å². The van der Waals surface area contributed by atoms with Crippen LogP contribution in [0.5, 0.6) is 0 Å². The van der Waals surface area contributed by atoms with Gasteiger partial charge in [0.1, 0.15) is 5.82 Å². The second kappa shape index (κ2) is 5.76. The third kappa shape index (κ3) is 3.28. The van der Waals surface area contributed by atoms with E-state index in [1.165, 1.54) is 7.11 Å². The summed E-state index contributed by atoms with van der Waals surface area (Å²) in [6.45, 7) is 1.95. The predicted molar refractivity (Wildman–Crippen MR) is 62.1 cm³/mol. The first-order chi connectivity index (χ1) is 7.67. The van der Waals surface area contributed by atoms with Crippen molar-refractivity contribution in [2.75, 3.05) is 12.4 Å². The lowest BCUT2D eigenvalue weighted by atomic mass is 10.2. The van der Waals surface area contributed by atoms with Gasteiger partial charge < -0.3 is 10.1 Å². The third-order valence-electron chi connectivity index (χ3n) is 2.00. The number of esters is 1. The van der Waals surface area contributed by atoms with Gasteiger partial charge in [0.05, 0.1) is 12.7 Å². The molecular weight excluding hydrogens is 204 g/mol. The number of terminal acetylenes is 1. The number of nitrogens with one attached hydrogen (secondary N) is 1. The monoisotopic (exact) mass is 218 g/mol. The second-order valence-corrected chi connectivity index (χ2v) is 3.37. The first kappa shape index (κ1) is 12.1. The van der Waals surface area contributed by atoms with Crippen molar-refractivity contribution < 1.29 is 9.53 Å². The molecule has 16 heavy (non-hydrogen) atoms. The average molecular weight is 218 g/mol. The molecule has 0 aliphatic rings. The van der Waals surface area contributed by atoms with E-state index in [2.05, 4.69) is 21.0 Å². The zero-order chi connectivity index (χ0) is 12.0. The van der Waals surface area contributed by atoms with Crippen molar-refractivity contribution in [1.29, 1.82) is 0 Å². The minimum atomic E-state index is -0.380. The van der Waals surface area contributed by atoms with Crippen LogP contribution >= 0.6 is 0 Å². The molecule has 0 spiro atoms. The fourth-order valence-electron chi connectivity index (χ4n) is 1.23. The Morgan fingerprint density at radius 2 is 2.50 bits per heavy atom. The molecule has 4 heteroatoms. The first-order valence-corrected chi connectivity index (χ1v) is 4.91. The molecule has 1 aromatic heterocycles. The van der Waals surface area contributed by atoms with Gasteiger partial charge in [0, 0.05) is 18.7 Å². The van der Waals surface area contributed by atoms with Gasteiger partial charge in [-0.3, -0.25) is 0 Å².